The van der Waals surface area contributed by atoms with Gasteiger partial charge in [-0.1, -0.05) is 35.9 Å². The van der Waals surface area contributed by atoms with Gasteiger partial charge in [-0.2, -0.15) is 0 Å². The van der Waals surface area contributed by atoms with Gasteiger partial charge >= 0.3 is 5.97 Å². The smallest absolute Gasteiger partial charge is 0.381 e. The highest BCUT2D eigenvalue weighted by Gasteiger charge is 2.67. The normalized spacial score (nSPS) is 19.7. The van der Waals surface area contributed by atoms with E-state index in [1.165, 1.54) is 36.4 Å². The Bertz CT molecular complexity index is 1010. The molecule has 1 aliphatic heterocycles. The van der Waals surface area contributed by atoms with Crippen molar-refractivity contribution in [2.45, 2.75) is 5.60 Å². The number of hydrogen-bond donors (Lipinski definition) is 1. The average molecular weight is 369 g/mol. The summed E-state index contributed by atoms with van der Waals surface area (Å²) in [4.78, 5) is 50.1. The van der Waals surface area contributed by atoms with Crippen LogP contribution in [-0.4, -0.2) is 34.0 Å². The highest BCUT2D eigenvalue weighted by molar-refractivity contribution is 6.52. The van der Waals surface area contributed by atoms with Gasteiger partial charge in [0.25, 0.3) is 11.4 Å². The van der Waals surface area contributed by atoms with Crippen molar-refractivity contribution in [1.29, 1.82) is 0 Å². The SMILES string of the molecule is O=C1OC2(C(=O)c3ccccc3C2=O)/C(=C(\O)c2ccc(Cl)cc2)C1=O. The molecule has 1 N–H and O–H groups in total. The Hall–Kier alpha value is -3.25. The third kappa shape index (κ3) is 1.93. The molecule has 2 aromatic carbocycles. The summed E-state index contributed by atoms with van der Waals surface area (Å²) in [5, 5.41) is 11.0. The molecule has 1 spiro atoms. The van der Waals surface area contributed by atoms with Crippen LogP contribution in [0.1, 0.15) is 26.3 Å². The monoisotopic (exact) mass is 368 g/mol. The van der Waals surface area contributed by atoms with E-state index in [0.717, 1.165) is 0 Å². The molecule has 26 heavy (non-hydrogen) atoms. The fraction of sp³-hybridized carbons (Fsp3) is 0.0526. The van der Waals surface area contributed by atoms with Crippen molar-refractivity contribution < 1.29 is 29.0 Å². The van der Waals surface area contributed by atoms with E-state index >= 15 is 0 Å². The Morgan fingerprint density at radius 2 is 1.42 bits per heavy atom. The second kappa shape index (κ2) is 5.37. The predicted molar refractivity (Wildman–Crippen MR) is 89.9 cm³/mol. The molecule has 0 bridgehead atoms. The molecule has 0 unspecified atom stereocenters. The Labute approximate surface area is 151 Å². The van der Waals surface area contributed by atoms with E-state index in [-0.39, 0.29) is 16.7 Å². The molecule has 128 valence electrons. The van der Waals surface area contributed by atoms with E-state index < -0.39 is 40.3 Å². The van der Waals surface area contributed by atoms with E-state index in [1.807, 2.05) is 0 Å². The first-order valence-electron chi connectivity index (χ1n) is 7.54. The van der Waals surface area contributed by atoms with Crippen molar-refractivity contribution in [2.75, 3.05) is 0 Å². The minimum atomic E-state index is -2.48. The lowest BCUT2D eigenvalue weighted by Crippen LogP contribution is -2.43. The van der Waals surface area contributed by atoms with Crippen LogP contribution in [0.25, 0.3) is 5.76 Å². The molecule has 0 amide bonds. The Balaban J connectivity index is 1.99. The number of ether oxygens (including phenoxy) is 1. The molecule has 4 rings (SSSR count). The van der Waals surface area contributed by atoms with Crippen molar-refractivity contribution in [3.8, 4) is 0 Å². The van der Waals surface area contributed by atoms with Crippen LogP contribution in [0.3, 0.4) is 0 Å². The zero-order valence-corrected chi connectivity index (χ0v) is 13.7. The number of carbonyl (C=O) groups is 4. The molecular weight excluding hydrogens is 360 g/mol. The first-order chi connectivity index (χ1) is 12.4. The van der Waals surface area contributed by atoms with E-state index in [2.05, 4.69) is 0 Å². The summed E-state index contributed by atoms with van der Waals surface area (Å²) < 4.78 is 4.98. The van der Waals surface area contributed by atoms with Gasteiger partial charge in [-0.05, 0) is 24.3 Å². The van der Waals surface area contributed by atoms with Crippen molar-refractivity contribution >= 4 is 40.7 Å². The maximum Gasteiger partial charge on any atom is 0.381 e. The fourth-order valence-electron chi connectivity index (χ4n) is 3.21. The summed E-state index contributed by atoms with van der Waals surface area (Å²) in [6.45, 7) is 0. The Kier molecular flexibility index (Phi) is 3.35. The molecule has 0 saturated carbocycles. The highest BCUT2D eigenvalue weighted by Crippen LogP contribution is 2.44. The Morgan fingerprint density at radius 1 is 0.885 bits per heavy atom. The number of hydrogen-bond acceptors (Lipinski definition) is 6. The molecule has 0 radical (unpaired) electrons. The van der Waals surface area contributed by atoms with Crippen LogP contribution in [0.5, 0.6) is 0 Å². The number of halogens is 1. The summed E-state index contributed by atoms with van der Waals surface area (Å²) in [6, 6.07) is 11.6. The zero-order valence-electron chi connectivity index (χ0n) is 13.0. The molecule has 1 saturated heterocycles. The summed E-state index contributed by atoms with van der Waals surface area (Å²) in [7, 11) is 0. The molecule has 6 nitrogen and oxygen atoms in total. The summed E-state index contributed by atoms with van der Waals surface area (Å²) >= 11 is 5.80. The molecule has 1 fully saturated rings. The van der Waals surface area contributed by atoms with Crippen LogP contribution < -0.4 is 0 Å². The van der Waals surface area contributed by atoms with Gasteiger partial charge in [0.15, 0.2) is 0 Å². The minimum absolute atomic E-state index is 0.0291. The number of fused-ring (bicyclic) bond motifs is 1. The number of esters is 1. The van der Waals surface area contributed by atoms with E-state index in [0.29, 0.717) is 5.02 Å². The molecule has 7 heteroatoms. The quantitative estimate of drug-likeness (QED) is 0.273. The molecule has 0 aromatic heterocycles. The standard InChI is InChI=1S/C19H9ClO6/c20-10-7-5-9(6-8-10)14(21)13-15(22)18(25)26-19(13)16(23)11-3-1-2-4-12(11)17(19)24/h1-8,21H/b14-13-. The number of Topliss-reactive ketones (excluding diaryl/α,β-unsaturated/α-hetero) is 3. The van der Waals surface area contributed by atoms with Gasteiger partial charge in [0.1, 0.15) is 11.3 Å². The van der Waals surface area contributed by atoms with Gasteiger partial charge in [0, 0.05) is 21.7 Å². The maximum atomic E-state index is 12.9. The van der Waals surface area contributed by atoms with Crippen molar-refractivity contribution in [2.24, 2.45) is 0 Å². The number of aliphatic hydroxyl groups is 1. The molecule has 1 aliphatic carbocycles. The largest absolute Gasteiger partial charge is 0.507 e. The highest BCUT2D eigenvalue weighted by atomic mass is 35.5. The number of rotatable bonds is 1. The van der Waals surface area contributed by atoms with E-state index in [4.69, 9.17) is 16.3 Å². The third-order valence-corrected chi connectivity index (χ3v) is 4.67. The number of carbonyl (C=O) groups excluding carboxylic acids is 4. The first-order valence-corrected chi connectivity index (χ1v) is 7.91. The van der Waals surface area contributed by atoms with Crippen molar-refractivity contribution in [3.05, 3.63) is 75.8 Å². The van der Waals surface area contributed by atoms with Gasteiger partial charge in [0.2, 0.25) is 11.6 Å². The average Bonchev–Trinajstić information content (AvgIpc) is 3.03. The van der Waals surface area contributed by atoms with Crippen LogP contribution in [0.4, 0.5) is 0 Å². The van der Waals surface area contributed by atoms with Gasteiger partial charge < -0.3 is 9.84 Å². The lowest BCUT2D eigenvalue weighted by atomic mass is 9.85. The molecule has 2 aliphatic rings. The lowest BCUT2D eigenvalue weighted by molar-refractivity contribution is -0.149. The number of benzene rings is 2. The van der Waals surface area contributed by atoms with Crippen LogP contribution in [0.2, 0.25) is 5.02 Å². The summed E-state index contributed by atoms with van der Waals surface area (Å²) in [5.41, 5.74) is -2.98. The first kappa shape index (κ1) is 16.2. The van der Waals surface area contributed by atoms with Crippen molar-refractivity contribution in [1.82, 2.24) is 0 Å². The summed E-state index contributed by atoms with van der Waals surface area (Å²) in [6.07, 6.45) is 0. The van der Waals surface area contributed by atoms with Crippen LogP contribution >= 0.6 is 11.6 Å². The van der Waals surface area contributed by atoms with E-state index in [9.17, 15) is 24.3 Å². The minimum Gasteiger partial charge on any atom is -0.507 e. The van der Waals surface area contributed by atoms with Crippen LogP contribution in [0.15, 0.2) is 54.1 Å². The van der Waals surface area contributed by atoms with Crippen LogP contribution in [-0.2, 0) is 14.3 Å². The van der Waals surface area contributed by atoms with Gasteiger partial charge in [-0.25, -0.2) is 4.79 Å². The van der Waals surface area contributed by atoms with E-state index in [1.54, 1.807) is 12.1 Å². The van der Waals surface area contributed by atoms with Gasteiger partial charge in [-0.3, -0.25) is 14.4 Å². The van der Waals surface area contributed by atoms with Crippen LogP contribution in [0, 0.1) is 0 Å². The second-order valence-electron chi connectivity index (χ2n) is 5.83. The molecule has 0 atom stereocenters. The molecule has 2 aromatic rings. The lowest BCUT2D eigenvalue weighted by Gasteiger charge is -2.20. The number of ketones is 3. The third-order valence-electron chi connectivity index (χ3n) is 4.42. The Morgan fingerprint density at radius 3 is 1.96 bits per heavy atom. The topological polar surface area (TPSA) is 97.7 Å². The van der Waals surface area contributed by atoms with Gasteiger partial charge in [0.05, 0.1) is 0 Å². The molecular formula is C19H9ClO6. The van der Waals surface area contributed by atoms with Gasteiger partial charge in [-0.15, -0.1) is 0 Å². The number of aliphatic hydroxyl groups excluding tert-OH is 1. The predicted octanol–water partition coefficient (Wildman–Crippen LogP) is 2.55. The summed E-state index contributed by atoms with van der Waals surface area (Å²) in [5.74, 6) is -4.98. The second-order valence-corrected chi connectivity index (χ2v) is 6.27. The zero-order chi connectivity index (χ0) is 18.6. The maximum absolute atomic E-state index is 12.9. The fourth-order valence-corrected chi connectivity index (χ4v) is 3.33. The van der Waals surface area contributed by atoms with Crippen molar-refractivity contribution in [3.63, 3.8) is 0 Å². The molecule has 1 heterocycles.